The smallest absolute Gasteiger partial charge is 0.258 e. The van der Waals surface area contributed by atoms with Crippen molar-refractivity contribution < 1.29 is 14.8 Å². The monoisotopic (exact) mass is 363 g/mol. The molecule has 2 aromatic rings. The molecular weight excluding hydrogens is 358 g/mol. The SMILES string of the molecule is N#CC(C#N)=c1c([N+](=O)[O-])ccc2c1=Cc1cc([N+](=O)[O-])cc([N+](=O)[O-])c1-2. The highest BCUT2D eigenvalue weighted by molar-refractivity contribution is 5.92. The van der Waals surface area contributed by atoms with Crippen LogP contribution in [0.1, 0.15) is 5.56 Å². The Bertz CT molecular complexity index is 1270. The Hall–Kier alpha value is -4.64. The van der Waals surface area contributed by atoms with E-state index in [-0.39, 0.29) is 27.1 Å². The van der Waals surface area contributed by atoms with E-state index in [0.29, 0.717) is 0 Å². The lowest BCUT2D eigenvalue weighted by Crippen LogP contribution is -2.30. The summed E-state index contributed by atoms with van der Waals surface area (Å²) in [5, 5.41) is 51.8. The fourth-order valence-electron chi connectivity index (χ4n) is 2.97. The van der Waals surface area contributed by atoms with Crippen LogP contribution in [0.15, 0.2) is 24.3 Å². The van der Waals surface area contributed by atoms with Gasteiger partial charge in [0, 0.05) is 12.1 Å². The number of benzene rings is 2. The molecule has 0 bridgehead atoms. The van der Waals surface area contributed by atoms with Crippen LogP contribution in [-0.4, -0.2) is 14.8 Å². The summed E-state index contributed by atoms with van der Waals surface area (Å²) in [5.41, 5.74) is -1.83. The zero-order valence-corrected chi connectivity index (χ0v) is 13.1. The Morgan fingerprint density at radius 1 is 0.889 bits per heavy atom. The number of nitrogens with zero attached hydrogens (tertiary/aromatic N) is 5. The van der Waals surface area contributed by atoms with Crippen molar-refractivity contribution in [3.63, 3.8) is 0 Å². The predicted molar refractivity (Wildman–Crippen MR) is 89.3 cm³/mol. The first kappa shape index (κ1) is 17.2. The van der Waals surface area contributed by atoms with Crippen molar-refractivity contribution in [1.29, 1.82) is 10.5 Å². The zero-order valence-electron chi connectivity index (χ0n) is 13.1. The van der Waals surface area contributed by atoms with Crippen LogP contribution in [-0.2, 0) is 0 Å². The second kappa shape index (κ2) is 6.02. The van der Waals surface area contributed by atoms with Gasteiger partial charge in [0.05, 0.1) is 31.6 Å². The second-order valence-corrected chi connectivity index (χ2v) is 5.36. The van der Waals surface area contributed by atoms with Gasteiger partial charge in [-0.1, -0.05) is 0 Å². The van der Waals surface area contributed by atoms with Gasteiger partial charge in [0.15, 0.2) is 0 Å². The topological polar surface area (TPSA) is 177 Å². The molecule has 0 unspecified atom stereocenters. The van der Waals surface area contributed by atoms with E-state index in [4.69, 9.17) is 10.5 Å². The summed E-state index contributed by atoms with van der Waals surface area (Å²) < 4.78 is 0. The van der Waals surface area contributed by atoms with Gasteiger partial charge in [-0.2, -0.15) is 10.5 Å². The standard InChI is InChI=1S/C16H5N5O6/c17-6-9(7-18)16-12-4-8-3-10(19(22)23)5-14(21(26)27)15(8)11(12)1-2-13(16)20(24)25/h1-5H. The molecule has 130 valence electrons. The van der Waals surface area contributed by atoms with Crippen LogP contribution in [0.5, 0.6) is 0 Å². The Labute approximate surface area is 148 Å². The maximum atomic E-state index is 11.4. The lowest BCUT2D eigenvalue weighted by atomic mass is 10.00. The summed E-state index contributed by atoms with van der Waals surface area (Å²) >= 11 is 0. The molecule has 11 heteroatoms. The van der Waals surface area contributed by atoms with E-state index < -0.39 is 37.4 Å². The minimum absolute atomic E-state index is 0.0342. The van der Waals surface area contributed by atoms with Gasteiger partial charge in [0.25, 0.3) is 17.1 Å². The highest BCUT2D eigenvalue weighted by Gasteiger charge is 2.30. The predicted octanol–water partition coefficient (Wildman–Crippen LogP) is 1.42. The van der Waals surface area contributed by atoms with Crippen molar-refractivity contribution in [2.75, 3.05) is 0 Å². The summed E-state index contributed by atoms with van der Waals surface area (Å²) in [5.74, 6) is 0. The van der Waals surface area contributed by atoms with E-state index in [1.165, 1.54) is 12.1 Å². The van der Waals surface area contributed by atoms with Gasteiger partial charge in [0.2, 0.25) is 0 Å². The third-order valence-corrected chi connectivity index (χ3v) is 4.00. The number of hydrogen-bond donors (Lipinski definition) is 0. The summed E-state index contributed by atoms with van der Waals surface area (Å²) in [6, 6.07) is 7.33. The van der Waals surface area contributed by atoms with E-state index in [9.17, 15) is 30.3 Å². The Balaban J connectivity index is 2.57. The Kier molecular flexibility index (Phi) is 3.83. The first-order valence-corrected chi connectivity index (χ1v) is 7.11. The van der Waals surface area contributed by atoms with Crippen molar-refractivity contribution >= 4 is 28.7 Å². The third-order valence-electron chi connectivity index (χ3n) is 4.00. The van der Waals surface area contributed by atoms with Gasteiger partial charge in [-0.15, -0.1) is 0 Å². The molecule has 0 N–H and O–H groups in total. The molecule has 2 aromatic carbocycles. The Morgan fingerprint density at radius 2 is 1.52 bits per heavy atom. The maximum Gasteiger partial charge on any atom is 0.284 e. The molecule has 0 fully saturated rings. The molecule has 0 aromatic heterocycles. The van der Waals surface area contributed by atoms with E-state index >= 15 is 0 Å². The van der Waals surface area contributed by atoms with Crippen LogP contribution in [0, 0.1) is 53.0 Å². The average molecular weight is 363 g/mol. The molecule has 0 saturated carbocycles. The molecule has 0 radical (unpaired) electrons. The maximum absolute atomic E-state index is 11.4. The molecule has 11 nitrogen and oxygen atoms in total. The van der Waals surface area contributed by atoms with Crippen LogP contribution < -0.4 is 10.4 Å². The average Bonchev–Trinajstić information content (AvgIpc) is 3.00. The van der Waals surface area contributed by atoms with Gasteiger partial charge in [-0.3, -0.25) is 30.3 Å². The number of fused-ring (bicyclic) bond motifs is 3. The summed E-state index contributed by atoms with van der Waals surface area (Å²) in [6.07, 6.45) is 1.27. The fourth-order valence-corrected chi connectivity index (χ4v) is 2.97. The number of nitro benzene ring substituents is 3. The number of non-ortho nitro benzene ring substituents is 2. The van der Waals surface area contributed by atoms with Crippen LogP contribution in [0.3, 0.4) is 0 Å². The molecule has 0 heterocycles. The summed E-state index contributed by atoms with van der Waals surface area (Å²) in [6.45, 7) is 0. The molecule has 0 spiro atoms. The van der Waals surface area contributed by atoms with Crippen molar-refractivity contribution in [1.82, 2.24) is 0 Å². The van der Waals surface area contributed by atoms with Crippen molar-refractivity contribution in [3.8, 4) is 23.3 Å². The summed E-state index contributed by atoms with van der Waals surface area (Å²) in [7, 11) is 0. The lowest BCUT2D eigenvalue weighted by Gasteiger charge is -2.04. The molecule has 0 amide bonds. The van der Waals surface area contributed by atoms with E-state index in [1.54, 1.807) is 12.1 Å². The number of rotatable bonds is 3. The molecule has 0 aliphatic heterocycles. The molecular formula is C16H5N5O6. The molecule has 0 saturated heterocycles. The number of hydrogen-bond acceptors (Lipinski definition) is 8. The quantitative estimate of drug-likeness (QED) is 0.495. The third kappa shape index (κ3) is 2.52. The van der Waals surface area contributed by atoms with Crippen LogP contribution in [0.2, 0.25) is 0 Å². The van der Waals surface area contributed by atoms with Crippen molar-refractivity contribution in [3.05, 3.63) is 70.6 Å². The van der Waals surface area contributed by atoms with Gasteiger partial charge >= 0.3 is 0 Å². The summed E-state index contributed by atoms with van der Waals surface area (Å²) in [4.78, 5) is 31.4. The van der Waals surface area contributed by atoms with Gasteiger partial charge in [0.1, 0.15) is 17.7 Å². The normalized spacial score (nSPS) is 10.6. The molecule has 1 aliphatic carbocycles. The van der Waals surface area contributed by atoms with Gasteiger partial charge in [-0.25, -0.2) is 0 Å². The van der Waals surface area contributed by atoms with Crippen molar-refractivity contribution in [2.24, 2.45) is 0 Å². The number of nitriles is 2. The van der Waals surface area contributed by atoms with Gasteiger partial charge < -0.3 is 0 Å². The minimum atomic E-state index is -0.797. The second-order valence-electron chi connectivity index (χ2n) is 5.36. The highest BCUT2D eigenvalue weighted by Crippen LogP contribution is 2.38. The largest absolute Gasteiger partial charge is 0.284 e. The van der Waals surface area contributed by atoms with E-state index in [1.807, 2.05) is 0 Å². The lowest BCUT2D eigenvalue weighted by molar-refractivity contribution is -0.393. The number of nitro groups is 3. The van der Waals surface area contributed by atoms with Crippen molar-refractivity contribution in [2.45, 2.75) is 0 Å². The van der Waals surface area contributed by atoms with Crippen LogP contribution in [0.25, 0.3) is 22.8 Å². The molecule has 1 aliphatic rings. The first-order chi connectivity index (χ1) is 12.8. The fraction of sp³-hybridized carbons (Fsp3) is 0. The van der Waals surface area contributed by atoms with E-state index in [2.05, 4.69) is 0 Å². The molecule has 3 rings (SSSR count). The first-order valence-electron chi connectivity index (χ1n) is 7.11. The highest BCUT2D eigenvalue weighted by atomic mass is 16.6. The Morgan fingerprint density at radius 3 is 2.04 bits per heavy atom. The molecule has 0 atom stereocenters. The zero-order chi connectivity index (χ0) is 19.9. The van der Waals surface area contributed by atoms with Crippen LogP contribution in [0.4, 0.5) is 17.1 Å². The van der Waals surface area contributed by atoms with Crippen LogP contribution >= 0.6 is 0 Å². The van der Waals surface area contributed by atoms with Gasteiger partial charge in [-0.05, 0) is 28.5 Å². The molecule has 27 heavy (non-hydrogen) atoms. The van der Waals surface area contributed by atoms with E-state index in [0.717, 1.165) is 18.2 Å². The minimum Gasteiger partial charge on any atom is -0.258 e.